The molecule has 3 saturated carbocycles. The number of nitrogens with zero attached hydrogens (tertiary/aromatic N) is 1. The number of carbonyl (C=O) groups is 3. The van der Waals surface area contributed by atoms with Crippen molar-refractivity contribution in [1.29, 1.82) is 5.26 Å². The zero-order valence-electron chi connectivity index (χ0n) is 12.7. The van der Waals surface area contributed by atoms with E-state index < -0.39 is 42.1 Å². The zero-order chi connectivity index (χ0) is 16.8. The summed E-state index contributed by atoms with van der Waals surface area (Å²) in [6.45, 7) is 4.39. The first kappa shape index (κ1) is 15.5. The SMILES string of the molecule is C=C(C)C(=O)OCC(=O)OC1C2CCC3C1OC(=O)C3(C#N)C2. The van der Waals surface area contributed by atoms with Gasteiger partial charge in [0, 0.05) is 17.4 Å². The highest BCUT2D eigenvalue weighted by Crippen LogP contribution is 2.58. The fourth-order valence-corrected chi connectivity index (χ4v) is 3.91. The molecule has 4 fully saturated rings. The van der Waals surface area contributed by atoms with Crippen LogP contribution in [0.25, 0.3) is 0 Å². The van der Waals surface area contributed by atoms with Crippen LogP contribution in [0.4, 0.5) is 0 Å². The Labute approximate surface area is 133 Å². The van der Waals surface area contributed by atoms with E-state index in [4.69, 9.17) is 14.2 Å². The Kier molecular flexibility index (Phi) is 3.63. The molecule has 3 aliphatic carbocycles. The van der Waals surface area contributed by atoms with Crippen LogP contribution in [-0.2, 0) is 28.6 Å². The van der Waals surface area contributed by atoms with Crippen LogP contribution in [-0.4, -0.2) is 36.7 Å². The summed E-state index contributed by atoms with van der Waals surface area (Å²) in [6, 6.07) is 2.12. The average molecular weight is 319 g/mol. The van der Waals surface area contributed by atoms with Gasteiger partial charge in [-0.2, -0.15) is 5.26 Å². The normalized spacial score (nSPS) is 36.8. The number of ether oxygens (including phenoxy) is 3. The van der Waals surface area contributed by atoms with Crippen molar-refractivity contribution in [3.05, 3.63) is 12.2 Å². The topological polar surface area (TPSA) is 103 Å². The van der Waals surface area contributed by atoms with Crippen LogP contribution in [0.15, 0.2) is 12.2 Å². The third kappa shape index (κ3) is 2.29. The molecule has 0 aromatic heterocycles. The average Bonchev–Trinajstić information content (AvgIpc) is 2.78. The summed E-state index contributed by atoms with van der Waals surface area (Å²) >= 11 is 0. The van der Waals surface area contributed by atoms with Gasteiger partial charge in [-0.15, -0.1) is 0 Å². The van der Waals surface area contributed by atoms with Crippen molar-refractivity contribution in [2.75, 3.05) is 6.61 Å². The second-order valence-corrected chi connectivity index (χ2v) is 6.41. The van der Waals surface area contributed by atoms with Gasteiger partial charge in [-0.05, 0) is 26.2 Å². The van der Waals surface area contributed by atoms with Gasteiger partial charge in [0.2, 0.25) is 0 Å². The first-order valence-electron chi connectivity index (χ1n) is 7.53. The van der Waals surface area contributed by atoms with E-state index in [0.717, 1.165) is 6.42 Å². The Morgan fingerprint density at radius 3 is 2.87 bits per heavy atom. The minimum absolute atomic E-state index is 0.0862. The van der Waals surface area contributed by atoms with Gasteiger partial charge in [-0.25, -0.2) is 9.59 Å². The largest absolute Gasteiger partial charge is 0.457 e. The molecule has 1 saturated heterocycles. The lowest BCUT2D eigenvalue weighted by Crippen LogP contribution is -2.54. The van der Waals surface area contributed by atoms with E-state index >= 15 is 0 Å². The molecule has 5 atom stereocenters. The summed E-state index contributed by atoms with van der Waals surface area (Å²) in [5.41, 5.74) is -0.888. The number of esters is 3. The summed E-state index contributed by atoms with van der Waals surface area (Å²) in [5.74, 6) is -2.19. The minimum atomic E-state index is -1.08. The molecular formula is C16H17NO6. The summed E-state index contributed by atoms with van der Waals surface area (Å²) in [6.07, 6.45) is 0.707. The van der Waals surface area contributed by atoms with E-state index in [0.29, 0.717) is 12.8 Å². The minimum Gasteiger partial charge on any atom is -0.457 e. The molecule has 0 aromatic rings. The van der Waals surface area contributed by atoms with Crippen molar-refractivity contribution in [2.24, 2.45) is 17.3 Å². The molecule has 4 aliphatic rings. The molecule has 1 heterocycles. The van der Waals surface area contributed by atoms with Crippen molar-refractivity contribution < 1.29 is 28.6 Å². The molecule has 7 nitrogen and oxygen atoms in total. The predicted molar refractivity (Wildman–Crippen MR) is 74.4 cm³/mol. The first-order valence-corrected chi connectivity index (χ1v) is 7.53. The molecule has 1 aliphatic heterocycles. The Morgan fingerprint density at radius 2 is 2.22 bits per heavy atom. The summed E-state index contributed by atoms with van der Waals surface area (Å²) in [4.78, 5) is 35.2. The van der Waals surface area contributed by atoms with Crippen molar-refractivity contribution in [1.82, 2.24) is 0 Å². The van der Waals surface area contributed by atoms with Gasteiger partial charge in [0.1, 0.15) is 12.2 Å². The van der Waals surface area contributed by atoms with Gasteiger partial charge in [-0.3, -0.25) is 4.79 Å². The number of nitriles is 1. The van der Waals surface area contributed by atoms with Gasteiger partial charge in [0.25, 0.3) is 0 Å². The number of rotatable bonds is 4. The van der Waals surface area contributed by atoms with Crippen LogP contribution in [0.2, 0.25) is 0 Å². The maximum Gasteiger partial charge on any atom is 0.344 e. The van der Waals surface area contributed by atoms with Gasteiger partial charge >= 0.3 is 17.9 Å². The Bertz CT molecular complexity index is 635. The monoisotopic (exact) mass is 319 g/mol. The lowest BCUT2D eigenvalue weighted by Gasteiger charge is -2.46. The fraction of sp³-hybridized carbons (Fsp3) is 0.625. The molecule has 122 valence electrons. The van der Waals surface area contributed by atoms with Crippen LogP contribution < -0.4 is 0 Å². The third-order valence-electron chi connectivity index (χ3n) is 4.99. The fourth-order valence-electron chi connectivity index (χ4n) is 3.91. The van der Waals surface area contributed by atoms with E-state index in [-0.39, 0.29) is 17.4 Å². The molecule has 0 N–H and O–H groups in total. The zero-order valence-corrected chi connectivity index (χ0v) is 12.7. The smallest absolute Gasteiger partial charge is 0.344 e. The standard InChI is InChI=1S/C16H17NO6/c1-8(2)14(19)21-6-11(18)22-12-9-3-4-10-13(12)23-15(20)16(10,5-9)7-17/h9-10,12-13H,1,3-6H2,2H3. The second-order valence-electron chi connectivity index (χ2n) is 6.41. The molecule has 5 unspecified atom stereocenters. The lowest BCUT2D eigenvalue weighted by atomic mass is 9.56. The van der Waals surface area contributed by atoms with Gasteiger partial charge in [0.15, 0.2) is 12.0 Å². The van der Waals surface area contributed by atoms with E-state index in [2.05, 4.69) is 12.6 Å². The van der Waals surface area contributed by atoms with E-state index in [1.165, 1.54) is 6.92 Å². The quantitative estimate of drug-likeness (QED) is 0.430. The molecule has 0 spiro atoms. The van der Waals surface area contributed by atoms with Crippen molar-refractivity contribution in [2.45, 2.75) is 38.4 Å². The van der Waals surface area contributed by atoms with Gasteiger partial charge < -0.3 is 14.2 Å². The maximum atomic E-state index is 12.1. The highest BCUT2D eigenvalue weighted by molar-refractivity contribution is 5.88. The number of carbonyl (C=O) groups excluding carboxylic acids is 3. The molecule has 0 radical (unpaired) electrons. The Balaban J connectivity index is 1.66. The first-order chi connectivity index (χ1) is 10.9. The van der Waals surface area contributed by atoms with Crippen molar-refractivity contribution in [3.63, 3.8) is 0 Å². The molecular weight excluding hydrogens is 302 g/mol. The van der Waals surface area contributed by atoms with Crippen LogP contribution in [0.1, 0.15) is 26.2 Å². The molecule has 23 heavy (non-hydrogen) atoms. The Morgan fingerprint density at radius 1 is 1.48 bits per heavy atom. The van der Waals surface area contributed by atoms with Crippen LogP contribution in [0.5, 0.6) is 0 Å². The summed E-state index contributed by atoms with van der Waals surface area (Å²) < 4.78 is 15.5. The van der Waals surface area contributed by atoms with Crippen molar-refractivity contribution in [3.8, 4) is 6.07 Å². The molecule has 0 aromatic carbocycles. The molecule has 0 amide bonds. The highest BCUT2D eigenvalue weighted by atomic mass is 16.6. The molecule has 4 rings (SSSR count). The van der Waals surface area contributed by atoms with Gasteiger partial charge in [0.05, 0.1) is 6.07 Å². The molecule has 4 bridgehead atoms. The predicted octanol–water partition coefficient (Wildman–Crippen LogP) is 0.883. The summed E-state index contributed by atoms with van der Waals surface area (Å²) in [7, 11) is 0. The molecule has 7 heteroatoms. The van der Waals surface area contributed by atoms with E-state index in [1.54, 1.807) is 0 Å². The number of hydrogen-bond acceptors (Lipinski definition) is 7. The lowest BCUT2D eigenvalue weighted by molar-refractivity contribution is -0.179. The van der Waals surface area contributed by atoms with Crippen LogP contribution in [0.3, 0.4) is 0 Å². The second kappa shape index (κ2) is 5.37. The number of fused-ring (bicyclic) bond motifs is 1. The third-order valence-corrected chi connectivity index (χ3v) is 4.99. The highest BCUT2D eigenvalue weighted by Gasteiger charge is 2.68. The maximum absolute atomic E-state index is 12.1. The summed E-state index contributed by atoms with van der Waals surface area (Å²) in [5, 5.41) is 9.40. The Hall–Kier alpha value is -2.36. The van der Waals surface area contributed by atoms with Crippen LogP contribution in [0, 0.1) is 28.6 Å². The number of hydrogen-bond donors (Lipinski definition) is 0. The van der Waals surface area contributed by atoms with Crippen LogP contribution >= 0.6 is 0 Å². The van der Waals surface area contributed by atoms with Gasteiger partial charge in [-0.1, -0.05) is 6.58 Å². The van der Waals surface area contributed by atoms with E-state index in [1.807, 2.05) is 0 Å². The van der Waals surface area contributed by atoms with Crippen molar-refractivity contribution >= 4 is 17.9 Å². The van der Waals surface area contributed by atoms with E-state index in [9.17, 15) is 19.6 Å².